The monoisotopic (exact) mass is 374 g/mol. The van der Waals surface area contributed by atoms with Crippen molar-refractivity contribution in [3.05, 3.63) is 42.7 Å². The van der Waals surface area contributed by atoms with E-state index < -0.39 is 27.0 Å². The minimum absolute atomic E-state index is 0.0843. The number of nitrogens with one attached hydrogen (secondary N) is 1. The summed E-state index contributed by atoms with van der Waals surface area (Å²) in [5, 5.41) is 2.95. The highest BCUT2D eigenvalue weighted by atomic mass is 32.2. The van der Waals surface area contributed by atoms with Crippen LogP contribution < -0.4 is 10.1 Å². The first-order valence-corrected chi connectivity index (χ1v) is 8.58. The van der Waals surface area contributed by atoms with Gasteiger partial charge in [0.1, 0.15) is 10.6 Å². The predicted molar refractivity (Wildman–Crippen MR) is 81.3 cm³/mol. The third-order valence-electron chi connectivity index (χ3n) is 3.44. The fourth-order valence-corrected chi connectivity index (χ4v) is 3.94. The van der Waals surface area contributed by atoms with Crippen molar-refractivity contribution in [1.82, 2.24) is 14.3 Å². The van der Waals surface area contributed by atoms with Crippen LogP contribution in [-0.2, 0) is 10.0 Å². The minimum Gasteiger partial charge on any atom is -0.404 e. The molecule has 0 radical (unpaired) electrons. The van der Waals surface area contributed by atoms with Gasteiger partial charge in [-0.3, -0.25) is 0 Å². The second-order valence-electron chi connectivity index (χ2n) is 5.23. The molecule has 1 fully saturated rings. The molecule has 134 valence electrons. The SMILES string of the molecule is O=S(=O)(c1ccccc1OC(F)(F)F)N1CC(Nc2ncccn2)C1. The zero-order valence-corrected chi connectivity index (χ0v) is 13.5. The van der Waals surface area contributed by atoms with Crippen LogP contribution >= 0.6 is 0 Å². The number of hydrogen-bond donors (Lipinski definition) is 1. The van der Waals surface area contributed by atoms with Crippen molar-refractivity contribution >= 4 is 16.0 Å². The number of sulfonamides is 1. The van der Waals surface area contributed by atoms with Crippen LogP contribution in [0.5, 0.6) is 5.75 Å². The van der Waals surface area contributed by atoms with Gasteiger partial charge in [-0.25, -0.2) is 18.4 Å². The lowest BCUT2D eigenvalue weighted by atomic mass is 10.2. The number of rotatable bonds is 5. The molecule has 1 aliphatic rings. The van der Waals surface area contributed by atoms with Crippen LogP contribution in [0.15, 0.2) is 47.6 Å². The third kappa shape index (κ3) is 3.99. The molecule has 1 N–H and O–H groups in total. The highest BCUT2D eigenvalue weighted by Gasteiger charge is 2.40. The minimum atomic E-state index is -4.98. The fourth-order valence-electron chi connectivity index (χ4n) is 2.29. The lowest BCUT2D eigenvalue weighted by Gasteiger charge is -2.38. The quantitative estimate of drug-likeness (QED) is 0.860. The molecule has 0 aliphatic carbocycles. The van der Waals surface area contributed by atoms with Crippen LogP contribution in [0.2, 0.25) is 0 Å². The number of ether oxygens (including phenoxy) is 1. The summed E-state index contributed by atoms with van der Waals surface area (Å²) in [6, 6.07) is 6.07. The molecular weight excluding hydrogens is 361 g/mol. The molecule has 1 aromatic heterocycles. The molecule has 11 heteroatoms. The average molecular weight is 374 g/mol. The molecule has 1 saturated heterocycles. The van der Waals surface area contributed by atoms with Crippen molar-refractivity contribution in [2.45, 2.75) is 17.3 Å². The Morgan fingerprint density at radius 3 is 2.40 bits per heavy atom. The molecule has 0 saturated carbocycles. The van der Waals surface area contributed by atoms with Crippen LogP contribution in [0.3, 0.4) is 0 Å². The van der Waals surface area contributed by atoms with Gasteiger partial charge in [-0.2, -0.15) is 4.31 Å². The summed E-state index contributed by atoms with van der Waals surface area (Å²) in [6.07, 6.45) is -1.91. The third-order valence-corrected chi connectivity index (χ3v) is 5.31. The van der Waals surface area contributed by atoms with Crippen molar-refractivity contribution in [1.29, 1.82) is 0 Å². The first-order valence-electron chi connectivity index (χ1n) is 7.14. The summed E-state index contributed by atoms with van der Waals surface area (Å²) in [4.78, 5) is 7.40. The highest BCUT2D eigenvalue weighted by molar-refractivity contribution is 7.89. The Balaban J connectivity index is 1.72. The molecule has 2 aromatic rings. The van der Waals surface area contributed by atoms with Gasteiger partial charge in [-0.15, -0.1) is 13.2 Å². The van der Waals surface area contributed by atoms with Crippen LogP contribution in [0.4, 0.5) is 19.1 Å². The smallest absolute Gasteiger partial charge is 0.404 e. The van der Waals surface area contributed by atoms with Gasteiger partial charge in [0.25, 0.3) is 0 Å². The predicted octanol–water partition coefficient (Wildman–Crippen LogP) is 1.86. The number of benzene rings is 1. The van der Waals surface area contributed by atoms with E-state index in [0.29, 0.717) is 5.95 Å². The fraction of sp³-hybridized carbons (Fsp3) is 0.286. The van der Waals surface area contributed by atoms with Gasteiger partial charge in [-0.1, -0.05) is 12.1 Å². The van der Waals surface area contributed by atoms with Crippen LogP contribution in [0, 0.1) is 0 Å². The Kier molecular flexibility index (Phi) is 4.52. The lowest BCUT2D eigenvalue weighted by molar-refractivity contribution is -0.275. The average Bonchev–Trinajstić information content (AvgIpc) is 2.50. The lowest BCUT2D eigenvalue weighted by Crippen LogP contribution is -2.57. The van der Waals surface area contributed by atoms with E-state index in [9.17, 15) is 21.6 Å². The second kappa shape index (κ2) is 6.48. The summed E-state index contributed by atoms with van der Waals surface area (Å²) in [7, 11) is -4.10. The first kappa shape index (κ1) is 17.4. The van der Waals surface area contributed by atoms with E-state index >= 15 is 0 Å². The maximum atomic E-state index is 12.5. The zero-order chi connectivity index (χ0) is 18.1. The maximum Gasteiger partial charge on any atom is 0.573 e. The Bertz CT molecular complexity index is 840. The molecule has 0 unspecified atom stereocenters. The van der Waals surface area contributed by atoms with Crippen LogP contribution in [-0.4, -0.2) is 48.2 Å². The summed E-state index contributed by atoms with van der Waals surface area (Å²) in [6.45, 7) is 0.169. The van der Waals surface area contributed by atoms with Gasteiger partial charge in [0.05, 0.1) is 6.04 Å². The number of halogens is 3. The Morgan fingerprint density at radius 2 is 1.76 bits per heavy atom. The van der Waals surface area contributed by atoms with Gasteiger partial charge in [0.2, 0.25) is 16.0 Å². The number of para-hydroxylation sites is 1. The standard InChI is InChI=1S/C14H13F3N4O3S/c15-14(16,17)24-11-4-1-2-5-12(11)25(22,23)21-8-10(9-21)20-13-18-6-3-7-19-13/h1-7,10H,8-9H2,(H,18,19,20). The zero-order valence-electron chi connectivity index (χ0n) is 12.6. The summed E-state index contributed by atoms with van der Waals surface area (Å²) in [5.74, 6) is -0.400. The van der Waals surface area contributed by atoms with E-state index in [1.54, 1.807) is 6.07 Å². The number of nitrogens with zero attached hydrogens (tertiary/aromatic N) is 3. The molecule has 0 bridgehead atoms. The van der Waals surface area contributed by atoms with Gasteiger partial charge in [0, 0.05) is 25.5 Å². The van der Waals surface area contributed by atoms with E-state index in [-0.39, 0.29) is 19.1 Å². The number of alkyl halides is 3. The van der Waals surface area contributed by atoms with Crippen molar-refractivity contribution in [2.24, 2.45) is 0 Å². The van der Waals surface area contributed by atoms with E-state index in [1.807, 2.05) is 0 Å². The molecule has 7 nitrogen and oxygen atoms in total. The number of hydrogen-bond acceptors (Lipinski definition) is 6. The molecule has 3 rings (SSSR count). The molecular formula is C14H13F3N4O3S. The topological polar surface area (TPSA) is 84.4 Å². The largest absolute Gasteiger partial charge is 0.573 e. The van der Waals surface area contributed by atoms with Crippen molar-refractivity contribution < 1.29 is 26.3 Å². The van der Waals surface area contributed by atoms with E-state index in [2.05, 4.69) is 20.0 Å². The summed E-state index contributed by atoms with van der Waals surface area (Å²) in [5.41, 5.74) is 0. The molecule has 0 spiro atoms. The second-order valence-corrected chi connectivity index (χ2v) is 7.14. The molecule has 2 heterocycles. The summed E-state index contributed by atoms with van der Waals surface area (Å²) >= 11 is 0. The van der Waals surface area contributed by atoms with Gasteiger partial charge >= 0.3 is 6.36 Å². The molecule has 1 aromatic carbocycles. The highest BCUT2D eigenvalue weighted by Crippen LogP contribution is 2.33. The van der Waals surface area contributed by atoms with Crippen molar-refractivity contribution in [2.75, 3.05) is 18.4 Å². The molecule has 25 heavy (non-hydrogen) atoms. The van der Waals surface area contributed by atoms with Crippen molar-refractivity contribution in [3.8, 4) is 5.75 Å². The van der Waals surface area contributed by atoms with Gasteiger partial charge in [-0.05, 0) is 18.2 Å². The normalized spacial score (nSPS) is 16.3. The van der Waals surface area contributed by atoms with E-state index in [0.717, 1.165) is 16.4 Å². The maximum absolute atomic E-state index is 12.5. The number of aromatic nitrogens is 2. The van der Waals surface area contributed by atoms with Crippen molar-refractivity contribution in [3.63, 3.8) is 0 Å². The van der Waals surface area contributed by atoms with Crippen LogP contribution in [0.1, 0.15) is 0 Å². The Labute approximate surface area is 141 Å². The van der Waals surface area contributed by atoms with Crippen LogP contribution in [0.25, 0.3) is 0 Å². The molecule has 1 aliphatic heterocycles. The van der Waals surface area contributed by atoms with E-state index in [1.165, 1.54) is 24.5 Å². The number of anilines is 1. The first-order chi connectivity index (χ1) is 11.8. The summed E-state index contributed by atoms with van der Waals surface area (Å²) < 4.78 is 67.3. The molecule has 0 atom stereocenters. The van der Waals surface area contributed by atoms with E-state index in [4.69, 9.17) is 0 Å². The molecule has 0 amide bonds. The van der Waals surface area contributed by atoms with Gasteiger partial charge < -0.3 is 10.1 Å². The Morgan fingerprint density at radius 1 is 1.12 bits per heavy atom. The van der Waals surface area contributed by atoms with Gasteiger partial charge in [0.15, 0.2) is 0 Å². The Hall–Kier alpha value is -2.40.